The van der Waals surface area contributed by atoms with Crippen molar-refractivity contribution in [2.45, 2.75) is 46.2 Å². The number of fused-ring (bicyclic) bond motifs is 1. The molecule has 0 radical (unpaired) electrons. The van der Waals surface area contributed by atoms with Crippen molar-refractivity contribution in [1.82, 2.24) is 19.6 Å². The summed E-state index contributed by atoms with van der Waals surface area (Å²) in [6.07, 6.45) is 7.27. The maximum Gasteiger partial charge on any atom is 0.182 e. The second-order valence-corrected chi connectivity index (χ2v) is 7.94. The third-order valence-electron chi connectivity index (χ3n) is 5.28. The fraction of sp³-hybridized carbons (Fsp3) is 0.500. The first kappa shape index (κ1) is 20.6. The largest absolute Gasteiger partial charge is 0.475 e. The normalized spacial score (nSPS) is 18.1. The van der Waals surface area contributed by atoms with Crippen molar-refractivity contribution >= 4 is 17.3 Å². The van der Waals surface area contributed by atoms with Gasteiger partial charge in [-0.05, 0) is 57.4 Å². The molecule has 1 aromatic rings. The first-order chi connectivity index (χ1) is 13.5. The van der Waals surface area contributed by atoms with Gasteiger partial charge in [0.1, 0.15) is 12.3 Å². The molecule has 0 aromatic carbocycles. The van der Waals surface area contributed by atoms with Crippen LogP contribution in [0.1, 0.15) is 44.5 Å². The molecule has 0 amide bonds. The number of nitrogens with zero attached hydrogens (tertiary/aromatic N) is 4. The third-order valence-corrected chi connectivity index (χ3v) is 5.60. The van der Waals surface area contributed by atoms with Crippen LogP contribution in [0.25, 0.3) is 5.70 Å². The number of likely N-dealkylation sites (tertiary alicyclic amines) is 1. The molecule has 5 nitrogen and oxygen atoms in total. The van der Waals surface area contributed by atoms with Crippen molar-refractivity contribution in [2.75, 3.05) is 26.2 Å². The van der Waals surface area contributed by atoms with Crippen LogP contribution in [0, 0.1) is 0 Å². The number of rotatable bonds is 7. The average molecular weight is 403 g/mol. The van der Waals surface area contributed by atoms with Gasteiger partial charge in [0.15, 0.2) is 5.88 Å². The molecule has 1 fully saturated rings. The maximum absolute atomic E-state index is 6.05. The second-order valence-electron chi connectivity index (χ2n) is 7.51. The smallest absolute Gasteiger partial charge is 0.182 e. The lowest BCUT2D eigenvalue weighted by Gasteiger charge is -2.24. The average Bonchev–Trinajstić information content (AvgIpc) is 3.31. The zero-order chi connectivity index (χ0) is 20.1. The molecule has 1 aromatic heterocycles. The summed E-state index contributed by atoms with van der Waals surface area (Å²) in [5.74, 6) is 0.693. The number of aryl methyl sites for hydroxylation is 1. The molecule has 0 spiro atoms. The third kappa shape index (κ3) is 5.02. The Kier molecular flexibility index (Phi) is 6.89. The van der Waals surface area contributed by atoms with Crippen LogP contribution in [0.15, 0.2) is 47.9 Å². The first-order valence-electron chi connectivity index (χ1n) is 10.0. The molecule has 28 heavy (non-hydrogen) atoms. The van der Waals surface area contributed by atoms with Gasteiger partial charge in [-0.15, -0.1) is 0 Å². The quantitative estimate of drug-likeness (QED) is 0.487. The van der Waals surface area contributed by atoms with E-state index >= 15 is 0 Å². The summed E-state index contributed by atoms with van der Waals surface area (Å²) in [6, 6.07) is 2.17. The van der Waals surface area contributed by atoms with Gasteiger partial charge in [-0.25, -0.2) is 0 Å². The Labute approximate surface area is 173 Å². The minimum Gasteiger partial charge on any atom is -0.475 e. The molecule has 6 heteroatoms. The van der Waals surface area contributed by atoms with Crippen LogP contribution in [0.4, 0.5) is 0 Å². The highest BCUT2D eigenvalue weighted by molar-refractivity contribution is 6.31. The van der Waals surface area contributed by atoms with E-state index in [4.69, 9.17) is 21.4 Å². The predicted octanol–water partition coefficient (Wildman–Crippen LogP) is 4.73. The van der Waals surface area contributed by atoms with Crippen LogP contribution < -0.4 is 0 Å². The van der Waals surface area contributed by atoms with Gasteiger partial charge < -0.3 is 14.5 Å². The molecule has 152 valence electrons. The lowest BCUT2D eigenvalue weighted by Crippen LogP contribution is -2.24. The van der Waals surface area contributed by atoms with Crippen LogP contribution in [-0.2, 0) is 17.8 Å². The van der Waals surface area contributed by atoms with Crippen molar-refractivity contribution in [3.63, 3.8) is 0 Å². The van der Waals surface area contributed by atoms with Gasteiger partial charge in [-0.1, -0.05) is 24.3 Å². The summed E-state index contributed by atoms with van der Waals surface area (Å²) < 4.78 is 8.03. The van der Waals surface area contributed by atoms with Crippen molar-refractivity contribution in [3.05, 3.63) is 59.3 Å². The summed E-state index contributed by atoms with van der Waals surface area (Å²) >= 11 is 6.05. The van der Waals surface area contributed by atoms with E-state index in [-0.39, 0.29) is 0 Å². The van der Waals surface area contributed by atoms with E-state index in [0.717, 1.165) is 61.1 Å². The van der Waals surface area contributed by atoms with Gasteiger partial charge in [0.05, 0.1) is 17.9 Å². The first-order valence-corrected chi connectivity index (χ1v) is 10.4. The molecule has 3 heterocycles. The van der Waals surface area contributed by atoms with E-state index in [2.05, 4.69) is 33.7 Å². The molecule has 0 aliphatic carbocycles. The van der Waals surface area contributed by atoms with Crippen LogP contribution in [0.3, 0.4) is 0 Å². The van der Waals surface area contributed by atoms with Crippen molar-refractivity contribution in [3.8, 4) is 0 Å². The number of aromatic nitrogens is 2. The summed E-state index contributed by atoms with van der Waals surface area (Å²) in [7, 11) is 0. The van der Waals surface area contributed by atoms with Gasteiger partial charge in [0, 0.05) is 31.2 Å². The number of hydrogen-bond donors (Lipinski definition) is 0. The molecule has 0 saturated carbocycles. The Morgan fingerprint density at radius 3 is 2.61 bits per heavy atom. The molecule has 2 aliphatic rings. The molecule has 3 rings (SSSR count). The van der Waals surface area contributed by atoms with Crippen LogP contribution in [0.2, 0.25) is 0 Å². The zero-order valence-electron chi connectivity index (χ0n) is 17.1. The second kappa shape index (κ2) is 9.37. The standard InChI is InChI=1S/C22H31ClN4O/c1-5-20(23)13-17(2)16-28-19(4)26-11-8-12-27-21(15-26)14-22(24-27)18(3)25-9-6-7-10-25/h5,13-14H,3-4,6-12,15-16H2,1-2H3. The molecular formula is C22H31ClN4O. The molecular weight excluding hydrogens is 372 g/mol. The molecule has 0 unspecified atom stereocenters. The Morgan fingerprint density at radius 2 is 1.89 bits per heavy atom. The Hall–Kier alpha value is -2.14. The van der Waals surface area contributed by atoms with Crippen molar-refractivity contribution < 1.29 is 4.74 Å². The summed E-state index contributed by atoms with van der Waals surface area (Å²) in [4.78, 5) is 4.53. The Morgan fingerprint density at radius 1 is 1.18 bits per heavy atom. The fourth-order valence-electron chi connectivity index (χ4n) is 3.61. The fourth-order valence-corrected chi connectivity index (χ4v) is 3.80. The summed E-state index contributed by atoms with van der Waals surface area (Å²) in [5, 5.41) is 5.53. The summed E-state index contributed by atoms with van der Waals surface area (Å²) in [6.45, 7) is 17.6. The highest BCUT2D eigenvalue weighted by atomic mass is 35.5. The number of allylic oxidation sites excluding steroid dienone is 3. The van der Waals surface area contributed by atoms with E-state index in [9.17, 15) is 0 Å². The van der Waals surface area contributed by atoms with E-state index in [1.807, 2.05) is 26.0 Å². The van der Waals surface area contributed by atoms with Gasteiger partial charge >= 0.3 is 0 Å². The van der Waals surface area contributed by atoms with Gasteiger partial charge in [0.2, 0.25) is 0 Å². The van der Waals surface area contributed by atoms with E-state index < -0.39 is 0 Å². The topological polar surface area (TPSA) is 33.5 Å². The minimum absolute atomic E-state index is 0.482. The molecule has 0 bridgehead atoms. The van der Waals surface area contributed by atoms with E-state index in [0.29, 0.717) is 12.5 Å². The van der Waals surface area contributed by atoms with Crippen molar-refractivity contribution in [2.24, 2.45) is 0 Å². The van der Waals surface area contributed by atoms with Crippen LogP contribution in [0.5, 0.6) is 0 Å². The highest BCUT2D eigenvalue weighted by Gasteiger charge is 2.22. The number of hydrogen-bond acceptors (Lipinski definition) is 4. The molecule has 2 aliphatic heterocycles. The lowest BCUT2D eigenvalue weighted by atomic mass is 10.2. The maximum atomic E-state index is 6.05. The van der Waals surface area contributed by atoms with Crippen LogP contribution in [-0.4, -0.2) is 45.8 Å². The summed E-state index contributed by atoms with van der Waals surface area (Å²) in [5.41, 5.74) is 4.28. The van der Waals surface area contributed by atoms with Gasteiger partial charge in [-0.3, -0.25) is 4.68 Å². The predicted molar refractivity (Wildman–Crippen MR) is 116 cm³/mol. The Bertz CT molecular complexity index is 786. The number of ether oxygens (including phenoxy) is 1. The van der Waals surface area contributed by atoms with Crippen molar-refractivity contribution in [1.29, 1.82) is 0 Å². The van der Waals surface area contributed by atoms with Gasteiger partial charge in [-0.2, -0.15) is 5.10 Å². The number of halogens is 1. The minimum atomic E-state index is 0.482. The Balaban J connectivity index is 1.62. The molecule has 0 atom stereocenters. The highest BCUT2D eigenvalue weighted by Crippen LogP contribution is 2.25. The molecule has 0 N–H and O–H groups in total. The van der Waals surface area contributed by atoms with E-state index in [1.54, 1.807) is 0 Å². The monoisotopic (exact) mass is 402 g/mol. The lowest BCUT2D eigenvalue weighted by molar-refractivity contribution is 0.124. The zero-order valence-corrected chi connectivity index (χ0v) is 17.8. The SMILES string of the molecule is C=C(OCC(C)=CC(Cl)=CC)N1CCCn2nc(C(=C)N3CCCC3)cc2C1. The van der Waals surface area contributed by atoms with Gasteiger partial charge in [0.25, 0.3) is 0 Å². The molecule has 1 saturated heterocycles. The van der Waals surface area contributed by atoms with E-state index in [1.165, 1.54) is 18.5 Å². The van der Waals surface area contributed by atoms with Crippen LogP contribution >= 0.6 is 11.6 Å².